The second-order valence-corrected chi connectivity index (χ2v) is 3.26. The maximum absolute atomic E-state index is 11.5. The lowest BCUT2D eigenvalue weighted by Crippen LogP contribution is -2.05. The van der Waals surface area contributed by atoms with E-state index in [1.54, 1.807) is 0 Å². The summed E-state index contributed by atoms with van der Waals surface area (Å²) in [5, 5.41) is 10.1. The van der Waals surface area contributed by atoms with Crippen LogP contribution < -0.4 is 4.74 Å². The van der Waals surface area contributed by atoms with E-state index in [-0.39, 0.29) is 17.2 Å². The van der Waals surface area contributed by atoms with Crippen molar-refractivity contribution in [3.8, 4) is 11.5 Å². The number of carbonyl (C=O) groups excluding carboxylic acids is 1. The number of fused-ring (bicyclic) bond motifs is 1. The Morgan fingerprint density at radius 1 is 1.29 bits per heavy atom. The van der Waals surface area contributed by atoms with Gasteiger partial charge in [0.15, 0.2) is 17.2 Å². The number of aromatic hydroxyl groups is 1. The third kappa shape index (κ3) is 1.84. The van der Waals surface area contributed by atoms with Gasteiger partial charge in [-0.25, -0.2) is 14.8 Å². The Hall–Kier alpha value is -2.37. The van der Waals surface area contributed by atoms with Gasteiger partial charge in [0, 0.05) is 11.5 Å². The summed E-state index contributed by atoms with van der Waals surface area (Å²) in [5.74, 6) is -0.381. The number of phenols is 1. The first-order valence-electron chi connectivity index (χ1n) is 4.77. The summed E-state index contributed by atoms with van der Waals surface area (Å²) in [7, 11) is 2.70. The number of ether oxygens (including phenoxy) is 2. The average Bonchev–Trinajstić information content (AvgIpc) is 2.36. The van der Waals surface area contributed by atoms with Gasteiger partial charge < -0.3 is 14.6 Å². The summed E-state index contributed by atoms with van der Waals surface area (Å²) in [6.45, 7) is 0. The number of phenolic OH excluding ortho intramolecular Hbond substituents is 1. The SMILES string of the molecule is COC(=O)c1ncnc2cc(OC)c(O)cc12. The summed E-state index contributed by atoms with van der Waals surface area (Å²) in [5.41, 5.74) is 0.602. The third-order valence-corrected chi connectivity index (χ3v) is 2.31. The summed E-state index contributed by atoms with van der Waals surface area (Å²) in [4.78, 5) is 19.3. The maximum atomic E-state index is 11.5. The van der Waals surface area contributed by atoms with Crippen molar-refractivity contribution in [3.63, 3.8) is 0 Å². The molecule has 0 saturated carbocycles. The molecule has 0 aliphatic heterocycles. The molecule has 0 saturated heterocycles. The van der Waals surface area contributed by atoms with Gasteiger partial charge in [-0.15, -0.1) is 0 Å². The highest BCUT2D eigenvalue weighted by Crippen LogP contribution is 2.31. The number of benzene rings is 1. The molecule has 0 aliphatic carbocycles. The molecule has 0 spiro atoms. The Morgan fingerprint density at radius 3 is 2.71 bits per heavy atom. The van der Waals surface area contributed by atoms with Crippen LogP contribution in [-0.4, -0.2) is 35.3 Å². The minimum absolute atomic E-state index is 0.0834. The molecule has 2 rings (SSSR count). The van der Waals surface area contributed by atoms with Crippen LogP contribution in [-0.2, 0) is 4.74 Å². The topological polar surface area (TPSA) is 81.5 Å². The number of carbonyl (C=O) groups is 1. The van der Waals surface area contributed by atoms with Crippen molar-refractivity contribution < 1.29 is 19.4 Å². The van der Waals surface area contributed by atoms with E-state index in [0.717, 1.165) is 0 Å². The standard InChI is InChI=1S/C11H10N2O4/c1-16-9-4-7-6(3-8(9)14)10(11(15)17-2)13-5-12-7/h3-5,14H,1-2H3. The molecule has 1 heterocycles. The van der Waals surface area contributed by atoms with Crippen LogP contribution in [0.15, 0.2) is 18.5 Å². The fourth-order valence-corrected chi connectivity index (χ4v) is 1.50. The number of nitrogens with zero attached hydrogens (tertiary/aromatic N) is 2. The lowest BCUT2D eigenvalue weighted by atomic mass is 10.1. The number of hydrogen-bond donors (Lipinski definition) is 1. The first-order valence-corrected chi connectivity index (χ1v) is 4.77. The average molecular weight is 234 g/mol. The minimum atomic E-state index is -0.582. The molecule has 6 heteroatoms. The number of methoxy groups -OCH3 is 2. The lowest BCUT2D eigenvalue weighted by Gasteiger charge is -2.07. The molecule has 0 radical (unpaired) electrons. The Bertz CT molecular complexity index is 583. The van der Waals surface area contributed by atoms with Crippen molar-refractivity contribution in [3.05, 3.63) is 24.2 Å². The van der Waals surface area contributed by atoms with E-state index < -0.39 is 5.97 Å². The number of aromatic nitrogens is 2. The first-order chi connectivity index (χ1) is 8.17. The Kier molecular flexibility index (Phi) is 2.78. The van der Waals surface area contributed by atoms with Gasteiger partial charge in [0.2, 0.25) is 0 Å². The second kappa shape index (κ2) is 4.25. The quantitative estimate of drug-likeness (QED) is 0.784. The van der Waals surface area contributed by atoms with Crippen LogP contribution in [0.5, 0.6) is 11.5 Å². The Balaban J connectivity index is 2.72. The molecule has 0 fully saturated rings. The molecular weight excluding hydrogens is 224 g/mol. The molecule has 88 valence electrons. The number of esters is 1. The molecule has 0 unspecified atom stereocenters. The molecule has 1 N–H and O–H groups in total. The monoisotopic (exact) mass is 234 g/mol. The van der Waals surface area contributed by atoms with Gasteiger partial charge in [-0.05, 0) is 6.07 Å². The van der Waals surface area contributed by atoms with Crippen LogP contribution in [0.1, 0.15) is 10.5 Å². The Labute approximate surface area is 96.8 Å². The van der Waals surface area contributed by atoms with Crippen LogP contribution in [0.3, 0.4) is 0 Å². The van der Waals surface area contributed by atoms with Gasteiger partial charge >= 0.3 is 5.97 Å². The fraction of sp³-hybridized carbons (Fsp3) is 0.182. The molecular formula is C11H10N2O4. The fourth-order valence-electron chi connectivity index (χ4n) is 1.50. The van der Waals surface area contributed by atoms with Crippen molar-refractivity contribution in [1.29, 1.82) is 0 Å². The van der Waals surface area contributed by atoms with Crippen molar-refractivity contribution in [1.82, 2.24) is 9.97 Å². The van der Waals surface area contributed by atoms with E-state index in [0.29, 0.717) is 10.9 Å². The van der Waals surface area contributed by atoms with E-state index in [9.17, 15) is 9.90 Å². The van der Waals surface area contributed by atoms with Gasteiger partial charge in [0.1, 0.15) is 6.33 Å². The third-order valence-electron chi connectivity index (χ3n) is 2.31. The molecule has 0 aliphatic rings. The highest BCUT2D eigenvalue weighted by Gasteiger charge is 2.15. The zero-order valence-corrected chi connectivity index (χ0v) is 9.30. The van der Waals surface area contributed by atoms with Crippen LogP contribution >= 0.6 is 0 Å². The molecule has 0 atom stereocenters. The summed E-state index contributed by atoms with van der Waals surface area (Å²) in [6.07, 6.45) is 1.26. The van der Waals surface area contributed by atoms with Crippen molar-refractivity contribution in [2.45, 2.75) is 0 Å². The lowest BCUT2D eigenvalue weighted by molar-refractivity contribution is 0.0596. The van der Waals surface area contributed by atoms with E-state index >= 15 is 0 Å². The number of hydrogen-bond acceptors (Lipinski definition) is 6. The van der Waals surface area contributed by atoms with Crippen molar-refractivity contribution >= 4 is 16.9 Å². The zero-order chi connectivity index (χ0) is 12.4. The number of rotatable bonds is 2. The normalized spacial score (nSPS) is 10.2. The van der Waals surface area contributed by atoms with Crippen LogP contribution in [0, 0.1) is 0 Å². The Morgan fingerprint density at radius 2 is 2.06 bits per heavy atom. The van der Waals surface area contributed by atoms with E-state index in [4.69, 9.17) is 4.74 Å². The smallest absolute Gasteiger partial charge is 0.357 e. The summed E-state index contributed by atoms with van der Waals surface area (Å²) >= 11 is 0. The summed E-state index contributed by atoms with van der Waals surface area (Å²) in [6, 6.07) is 2.90. The second-order valence-electron chi connectivity index (χ2n) is 3.26. The van der Waals surface area contributed by atoms with Crippen molar-refractivity contribution in [2.75, 3.05) is 14.2 Å². The predicted molar refractivity (Wildman–Crippen MR) is 59.1 cm³/mol. The summed E-state index contributed by atoms with van der Waals surface area (Å²) < 4.78 is 9.55. The molecule has 1 aromatic heterocycles. The highest BCUT2D eigenvalue weighted by atomic mass is 16.5. The highest BCUT2D eigenvalue weighted by molar-refractivity contribution is 6.02. The van der Waals surface area contributed by atoms with Gasteiger partial charge in [-0.3, -0.25) is 0 Å². The zero-order valence-electron chi connectivity index (χ0n) is 9.30. The molecule has 1 aromatic carbocycles. The molecule has 0 amide bonds. The maximum Gasteiger partial charge on any atom is 0.357 e. The van der Waals surface area contributed by atoms with Crippen molar-refractivity contribution in [2.24, 2.45) is 0 Å². The van der Waals surface area contributed by atoms with Crippen LogP contribution in [0.25, 0.3) is 10.9 Å². The molecule has 17 heavy (non-hydrogen) atoms. The largest absolute Gasteiger partial charge is 0.504 e. The van der Waals surface area contributed by atoms with Gasteiger partial charge in [0.05, 0.1) is 19.7 Å². The van der Waals surface area contributed by atoms with Gasteiger partial charge in [-0.1, -0.05) is 0 Å². The predicted octanol–water partition coefficient (Wildman–Crippen LogP) is 1.13. The van der Waals surface area contributed by atoms with Gasteiger partial charge in [-0.2, -0.15) is 0 Å². The van der Waals surface area contributed by atoms with E-state index in [2.05, 4.69) is 14.7 Å². The molecule has 0 bridgehead atoms. The van der Waals surface area contributed by atoms with E-state index in [1.165, 1.54) is 32.7 Å². The van der Waals surface area contributed by atoms with E-state index in [1.807, 2.05) is 0 Å². The van der Waals surface area contributed by atoms with Crippen LogP contribution in [0.4, 0.5) is 0 Å². The van der Waals surface area contributed by atoms with Crippen LogP contribution in [0.2, 0.25) is 0 Å². The van der Waals surface area contributed by atoms with Gasteiger partial charge in [0.25, 0.3) is 0 Å². The first kappa shape index (κ1) is 11.1. The molecule has 2 aromatic rings. The minimum Gasteiger partial charge on any atom is -0.504 e. The molecule has 6 nitrogen and oxygen atoms in total.